The van der Waals surface area contributed by atoms with Gasteiger partial charge in [0.2, 0.25) is 5.91 Å². The van der Waals surface area contributed by atoms with Crippen LogP contribution in [0.3, 0.4) is 0 Å². The molecule has 1 heterocycles. The first-order valence-electron chi connectivity index (χ1n) is 6.70. The van der Waals surface area contributed by atoms with Crippen molar-refractivity contribution in [2.45, 2.75) is 18.4 Å². The lowest BCUT2D eigenvalue weighted by Crippen LogP contribution is -2.46. The molecule has 0 spiro atoms. The fraction of sp³-hybridized carbons (Fsp3) is 0.429. The highest BCUT2D eigenvalue weighted by atomic mass is 35.5. The largest absolute Gasteiger partial charge is 0.344 e. The Morgan fingerprint density at radius 3 is 2.59 bits per heavy atom. The van der Waals surface area contributed by atoms with Crippen LogP contribution >= 0.6 is 11.6 Å². The average molecular weight is 332 g/mol. The number of hydrogen-bond donors (Lipinski definition) is 2. The quantitative estimate of drug-likeness (QED) is 0.886. The second-order valence-electron chi connectivity index (χ2n) is 5.21. The summed E-state index contributed by atoms with van der Waals surface area (Å²) in [7, 11) is 1.62. The monoisotopic (exact) mass is 331 g/mol. The van der Waals surface area contributed by atoms with Gasteiger partial charge in [-0.15, -0.1) is 0 Å². The highest BCUT2D eigenvalue weighted by Crippen LogP contribution is 2.28. The van der Waals surface area contributed by atoms with Crippen LogP contribution in [0.5, 0.6) is 0 Å². The Kier molecular flexibility index (Phi) is 4.85. The summed E-state index contributed by atoms with van der Waals surface area (Å²) >= 11 is 5.65. The summed E-state index contributed by atoms with van der Waals surface area (Å²) in [5.74, 6) is -3.29. The topological polar surface area (TPSA) is 61.4 Å². The van der Waals surface area contributed by atoms with Gasteiger partial charge in [0.15, 0.2) is 0 Å². The van der Waals surface area contributed by atoms with Gasteiger partial charge in [0, 0.05) is 30.6 Å². The molecule has 3 amide bonds. The molecule has 1 aromatic rings. The number of nitrogens with zero attached hydrogens (tertiary/aromatic N) is 1. The van der Waals surface area contributed by atoms with Gasteiger partial charge in [-0.2, -0.15) is 8.78 Å². The van der Waals surface area contributed by atoms with Gasteiger partial charge >= 0.3 is 6.03 Å². The van der Waals surface area contributed by atoms with Crippen LogP contribution in [-0.2, 0) is 10.7 Å². The number of carbonyl (C=O) groups excluding carboxylic acids is 2. The molecule has 1 saturated heterocycles. The van der Waals surface area contributed by atoms with E-state index in [1.165, 1.54) is 29.2 Å². The number of urea groups is 1. The number of carbonyl (C=O) groups is 2. The zero-order chi connectivity index (χ0) is 16.3. The van der Waals surface area contributed by atoms with E-state index in [0.29, 0.717) is 11.6 Å². The molecule has 0 radical (unpaired) electrons. The van der Waals surface area contributed by atoms with E-state index in [-0.39, 0.29) is 23.9 Å². The van der Waals surface area contributed by atoms with E-state index >= 15 is 0 Å². The molecule has 8 heteroatoms. The lowest BCUT2D eigenvalue weighted by atomic mass is 10.1. The molecular formula is C14H16ClF2N3O2. The lowest BCUT2D eigenvalue weighted by molar-refractivity contribution is -0.126. The first kappa shape index (κ1) is 16.5. The van der Waals surface area contributed by atoms with Gasteiger partial charge in [-0.25, -0.2) is 4.79 Å². The van der Waals surface area contributed by atoms with Crippen molar-refractivity contribution >= 4 is 23.5 Å². The molecule has 0 saturated carbocycles. The Hall–Kier alpha value is -1.89. The van der Waals surface area contributed by atoms with Crippen molar-refractivity contribution in [3.63, 3.8) is 0 Å². The molecule has 1 aromatic carbocycles. The van der Waals surface area contributed by atoms with Crippen molar-refractivity contribution in [2.24, 2.45) is 0 Å². The number of amides is 3. The number of likely N-dealkylation sites (tertiary alicyclic amines) is 1. The summed E-state index contributed by atoms with van der Waals surface area (Å²) in [6.07, 6.45) is 0.178. The van der Waals surface area contributed by atoms with Crippen LogP contribution < -0.4 is 10.6 Å². The predicted molar refractivity (Wildman–Crippen MR) is 77.9 cm³/mol. The summed E-state index contributed by atoms with van der Waals surface area (Å²) in [4.78, 5) is 24.4. The van der Waals surface area contributed by atoms with Gasteiger partial charge in [0.05, 0.1) is 12.6 Å². The molecule has 120 valence electrons. The third kappa shape index (κ3) is 4.07. The normalized spacial score (nSPS) is 18.5. The zero-order valence-electron chi connectivity index (χ0n) is 11.9. The standard InChI is InChI=1S/C14H16ClF2N3O2/c1-20-7-11(6-12(20)21)19-13(22)18-8-14(16,17)9-2-4-10(15)5-3-9/h2-5,11H,6-8H2,1H3,(H2,18,19,22)/t11-/m0/s1. The third-order valence-electron chi connectivity index (χ3n) is 3.41. The number of halogens is 3. The van der Waals surface area contributed by atoms with E-state index in [1.54, 1.807) is 7.05 Å². The zero-order valence-corrected chi connectivity index (χ0v) is 12.7. The maximum absolute atomic E-state index is 13.9. The summed E-state index contributed by atoms with van der Waals surface area (Å²) in [6, 6.07) is 4.08. The number of benzene rings is 1. The third-order valence-corrected chi connectivity index (χ3v) is 3.67. The minimum Gasteiger partial charge on any atom is -0.344 e. The van der Waals surface area contributed by atoms with Crippen LogP contribution in [0.4, 0.5) is 13.6 Å². The van der Waals surface area contributed by atoms with E-state index in [4.69, 9.17) is 11.6 Å². The number of likely N-dealkylation sites (N-methyl/N-ethyl adjacent to an activating group) is 1. The molecular weight excluding hydrogens is 316 g/mol. The van der Waals surface area contributed by atoms with Crippen LogP contribution in [-0.4, -0.2) is 43.0 Å². The van der Waals surface area contributed by atoms with Crippen molar-refractivity contribution < 1.29 is 18.4 Å². The molecule has 22 heavy (non-hydrogen) atoms. The SMILES string of the molecule is CN1C[C@@H](NC(=O)NCC(F)(F)c2ccc(Cl)cc2)CC1=O. The average Bonchev–Trinajstić information content (AvgIpc) is 2.75. The minimum atomic E-state index is -3.20. The van der Waals surface area contributed by atoms with Crippen LogP contribution in [0.2, 0.25) is 5.02 Å². The lowest BCUT2D eigenvalue weighted by Gasteiger charge is -2.19. The van der Waals surface area contributed by atoms with Crippen molar-refractivity contribution in [3.05, 3.63) is 34.9 Å². The number of hydrogen-bond acceptors (Lipinski definition) is 2. The molecule has 0 aromatic heterocycles. The molecule has 0 aliphatic carbocycles. The van der Waals surface area contributed by atoms with E-state index in [9.17, 15) is 18.4 Å². The molecule has 2 rings (SSSR count). The molecule has 1 aliphatic heterocycles. The fourth-order valence-corrected chi connectivity index (χ4v) is 2.31. The minimum absolute atomic E-state index is 0.0863. The summed E-state index contributed by atoms with van der Waals surface area (Å²) in [5.41, 5.74) is -0.229. The second-order valence-corrected chi connectivity index (χ2v) is 5.65. The van der Waals surface area contributed by atoms with Gasteiger partial charge in [0.1, 0.15) is 0 Å². The van der Waals surface area contributed by atoms with Gasteiger partial charge < -0.3 is 15.5 Å². The van der Waals surface area contributed by atoms with E-state index < -0.39 is 18.5 Å². The van der Waals surface area contributed by atoms with E-state index in [2.05, 4.69) is 10.6 Å². The number of rotatable bonds is 4. The maximum atomic E-state index is 13.9. The second kappa shape index (κ2) is 6.48. The first-order valence-corrected chi connectivity index (χ1v) is 7.08. The molecule has 1 aliphatic rings. The summed E-state index contributed by atoms with van der Waals surface area (Å²) < 4.78 is 27.9. The highest BCUT2D eigenvalue weighted by molar-refractivity contribution is 6.30. The molecule has 5 nitrogen and oxygen atoms in total. The van der Waals surface area contributed by atoms with Gasteiger partial charge in [-0.1, -0.05) is 23.7 Å². The maximum Gasteiger partial charge on any atom is 0.315 e. The Bertz CT molecular complexity index is 566. The van der Waals surface area contributed by atoms with Crippen molar-refractivity contribution in [1.29, 1.82) is 0 Å². The molecule has 1 fully saturated rings. The number of nitrogens with one attached hydrogen (secondary N) is 2. The molecule has 1 atom stereocenters. The van der Waals surface area contributed by atoms with Gasteiger partial charge in [0.25, 0.3) is 5.92 Å². The first-order chi connectivity index (χ1) is 10.3. The Balaban J connectivity index is 1.85. The summed E-state index contributed by atoms with van der Waals surface area (Å²) in [6.45, 7) is -0.462. The highest BCUT2D eigenvalue weighted by Gasteiger charge is 2.33. The van der Waals surface area contributed by atoms with Crippen molar-refractivity contribution in [2.75, 3.05) is 20.1 Å². The Morgan fingerprint density at radius 1 is 1.41 bits per heavy atom. The Morgan fingerprint density at radius 2 is 2.05 bits per heavy atom. The number of alkyl halides is 2. The van der Waals surface area contributed by atoms with Crippen LogP contribution in [0.1, 0.15) is 12.0 Å². The van der Waals surface area contributed by atoms with Gasteiger partial charge in [-0.3, -0.25) is 4.79 Å². The van der Waals surface area contributed by atoms with E-state index in [1.807, 2.05) is 0 Å². The molecule has 0 bridgehead atoms. The smallest absolute Gasteiger partial charge is 0.315 e. The molecule has 0 unspecified atom stereocenters. The van der Waals surface area contributed by atoms with E-state index in [0.717, 1.165) is 0 Å². The van der Waals surface area contributed by atoms with Crippen molar-refractivity contribution in [1.82, 2.24) is 15.5 Å². The fourth-order valence-electron chi connectivity index (χ4n) is 2.18. The van der Waals surface area contributed by atoms with Crippen LogP contribution in [0.15, 0.2) is 24.3 Å². The van der Waals surface area contributed by atoms with Crippen molar-refractivity contribution in [3.8, 4) is 0 Å². The van der Waals surface area contributed by atoms with Crippen LogP contribution in [0, 0.1) is 0 Å². The summed E-state index contributed by atoms with van der Waals surface area (Å²) in [5, 5.41) is 5.00. The molecule has 2 N–H and O–H groups in total. The predicted octanol–water partition coefficient (Wildman–Crippen LogP) is 1.96. The Labute approximate surface area is 131 Å². The van der Waals surface area contributed by atoms with Crippen LogP contribution in [0.25, 0.3) is 0 Å². The van der Waals surface area contributed by atoms with Gasteiger partial charge in [-0.05, 0) is 12.1 Å².